The third-order valence-electron chi connectivity index (χ3n) is 11.7. The number of amides is 4. The Morgan fingerprint density at radius 2 is 1.10 bits per heavy atom. The summed E-state index contributed by atoms with van der Waals surface area (Å²) in [6, 6.07) is 18.5. The number of nitrogens with one attached hydrogen (secondary N) is 2. The first-order chi connectivity index (χ1) is 33.8. The van der Waals surface area contributed by atoms with Gasteiger partial charge >= 0.3 is 15.6 Å². The van der Waals surface area contributed by atoms with Crippen LogP contribution in [0.25, 0.3) is 28.1 Å². The van der Waals surface area contributed by atoms with Crippen molar-refractivity contribution in [2.24, 2.45) is 10.8 Å². The Morgan fingerprint density at radius 3 is 1.50 bits per heavy atom. The van der Waals surface area contributed by atoms with E-state index in [0.717, 1.165) is 34.0 Å². The molecule has 0 saturated carbocycles. The predicted molar refractivity (Wildman–Crippen MR) is 264 cm³/mol. The van der Waals surface area contributed by atoms with Crippen LogP contribution in [0.5, 0.6) is 5.75 Å². The molecule has 6 aromatic rings. The molecular weight excluding hydrogens is 1000 g/mol. The number of nitrogens with zero attached hydrogens (tertiary/aromatic N) is 6. The van der Waals surface area contributed by atoms with E-state index in [9.17, 15) is 50.4 Å². The van der Waals surface area contributed by atoms with Gasteiger partial charge in [0.1, 0.15) is 35.5 Å². The van der Waals surface area contributed by atoms with Gasteiger partial charge in [-0.3, -0.25) is 37.9 Å². The third kappa shape index (κ3) is 11.8. The first-order valence-corrected chi connectivity index (χ1v) is 24.2. The molecule has 6 heterocycles. The molecule has 8 rings (SSSR count). The van der Waals surface area contributed by atoms with Crippen molar-refractivity contribution < 1.29 is 45.0 Å². The molecule has 4 amide bonds. The Hall–Kier alpha value is -7.10. The van der Waals surface area contributed by atoms with Crippen LogP contribution in [0.1, 0.15) is 65.1 Å². The number of carbonyl (C=O) groups is 4. The molecule has 2 aliphatic rings. The highest BCUT2D eigenvalue weighted by molar-refractivity contribution is 7.88. The summed E-state index contributed by atoms with van der Waals surface area (Å²) in [6.07, 6.45) is 4.12. The predicted octanol–water partition coefficient (Wildman–Crippen LogP) is 6.57. The molecule has 0 atom stereocenters. The minimum Gasteiger partial charge on any atom is -0.375 e. The monoisotopic (exact) mass is 1050 g/mol. The topological polar surface area (TPSA) is 212 Å². The highest BCUT2D eigenvalue weighted by Gasteiger charge is 2.49. The van der Waals surface area contributed by atoms with Crippen molar-refractivity contribution in [3.8, 4) is 5.75 Å². The Labute approximate surface area is 420 Å². The molecule has 2 saturated heterocycles. The van der Waals surface area contributed by atoms with E-state index in [-0.39, 0.29) is 47.6 Å². The zero-order valence-electron chi connectivity index (χ0n) is 39.2. The van der Waals surface area contributed by atoms with Crippen molar-refractivity contribution in [3.63, 3.8) is 0 Å². The zero-order chi connectivity index (χ0) is 52.5. The standard InChI is InChI=1S/C25H25ClN4O3.C24H22ClF3N4O6S/c1-4-17-9-10-27-22-19(17)11-20(23(32)28-12-16-5-7-18(26)8-6-16)24(33)30(22)13-21(31)29-14-25(2,3)15-29;1-23(2)12-31(13-23)19(33)11-32-20-16(18(7-8-29-20)38-39(36,37)24(26,27)28)9-17(22(32)35)21(34)30-10-14-3-5-15(25)6-4-14/h4-11H,1,12-15H2,2-3H3,(H,28,32);3-9H,10-13H2,1-2H3,(H,30,34). The lowest BCUT2D eigenvalue weighted by Crippen LogP contribution is -2.56. The van der Waals surface area contributed by atoms with Gasteiger partial charge < -0.3 is 24.6 Å². The average molecular weight is 1050 g/mol. The maximum Gasteiger partial charge on any atom is 0.534 e. The summed E-state index contributed by atoms with van der Waals surface area (Å²) >= 11 is 11.8. The Balaban J connectivity index is 0.000000214. The Morgan fingerprint density at radius 1 is 0.694 bits per heavy atom. The Bertz CT molecular complexity index is 3370. The lowest BCUT2D eigenvalue weighted by Gasteiger charge is -2.45. The van der Waals surface area contributed by atoms with Crippen molar-refractivity contribution >= 4 is 85.1 Å². The van der Waals surface area contributed by atoms with E-state index in [4.69, 9.17) is 23.2 Å². The van der Waals surface area contributed by atoms with Gasteiger partial charge in [0.2, 0.25) is 11.8 Å². The summed E-state index contributed by atoms with van der Waals surface area (Å²) in [5.74, 6) is -2.94. The molecule has 0 unspecified atom stereocenters. The van der Waals surface area contributed by atoms with Gasteiger partial charge in [-0.05, 0) is 70.0 Å². The van der Waals surface area contributed by atoms with Crippen molar-refractivity contribution in [1.82, 2.24) is 39.5 Å². The van der Waals surface area contributed by atoms with Gasteiger partial charge in [0.25, 0.3) is 22.9 Å². The van der Waals surface area contributed by atoms with Gasteiger partial charge in [0, 0.05) is 73.2 Å². The van der Waals surface area contributed by atoms with E-state index >= 15 is 0 Å². The number of hydrogen-bond acceptors (Lipinski definition) is 11. The van der Waals surface area contributed by atoms with Crippen LogP contribution < -0.4 is 25.9 Å². The van der Waals surface area contributed by atoms with E-state index in [1.165, 1.54) is 15.5 Å². The molecule has 0 aliphatic carbocycles. The van der Waals surface area contributed by atoms with Crippen molar-refractivity contribution in [2.75, 3.05) is 26.2 Å². The second kappa shape index (κ2) is 20.6. The summed E-state index contributed by atoms with van der Waals surface area (Å²) in [7, 11) is -6.09. The van der Waals surface area contributed by atoms with Gasteiger partial charge in [0.15, 0.2) is 5.75 Å². The fourth-order valence-electron chi connectivity index (χ4n) is 8.12. The molecule has 378 valence electrons. The first kappa shape index (κ1) is 52.7. The molecule has 2 aliphatic heterocycles. The number of aromatic nitrogens is 4. The number of carbonyl (C=O) groups excluding carboxylic acids is 4. The molecule has 2 aromatic carbocycles. The molecule has 23 heteroatoms. The summed E-state index contributed by atoms with van der Waals surface area (Å²) in [5.41, 5.74) is -5.71. The van der Waals surface area contributed by atoms with E-state index < -0.39 is 67.7 Å². The molecule has 2 fully saturated rings. The van der Waals surface area contributed by atoms with Crippen LogP contribution in [0.3, 0.4) is 0 Å². The fourth-order valence-corrected chi connectivity index (χ4v) is 8.85. The van der Waals surface area contributed by atoms with Crippen molar-refractivity contribution in [1.29, 1.82) is 0 Å². The van der Waals surface area contributed by atoms with Crippen LogP contribution in [0.4, 0.5) is 13.2 Å². The molecule has 0 bridgehead atoms. The van der Waals surface area contributed by atoms with E-state index in [1.54, 1.807) is 71.8 Å². The lowest BCUT2D eigenvalue weighted by molar-refractivity contribution is -0.142. The minimum atomic E-state index is -6.09. The van der Waals surface area contributed by atoms with Gasteiger partial charge in [-0.25, -0.2) is 9.97 Å². The first-order valence-electron chi connectivity index (χ1n) is 22.1. The number of alkyl halides is 3. The quantitative estimate of drug-likeness (QED) is 0.0933. The smallest absolute Gasteiger partial charge is 0.375 e. The molecule has 4 aromatic heterocycles. The van der Waals surface area contributed by atoms with Crippen LogP contribution in [-0.4, -0.2) is 92.6 Å². The van der Waals surface area contributed by atoms with Crippen LogP contribution in [0, 0.1) is 10.8 Å². The van der Waals surface area contributed by atoms with Crippen LogP contribution in [-0.2, 0) is 45.9 Å². The van der Waals surface area contributed by atoms with Crippen LogP contribution in [0.15, 0.2) is 101 Å². The van der Waals surface area contributed by atoms with Gasteiger partial charge in [-0.1, -0.05) is 87.8 Å². The maximum atomic E-state index is 13.4. The lowest BCUT2D eigenvalue weighted by atomic mass is 9.84. The zero-order valence-corrected chi connectivity index (χ0v) is 41.5. The van der Waals surface area contributed by atoms with Gasteiger partial charge in [0.05, 0.1) is 5.39 Å². The van der Waals surface area contributed by atoms with E-state index in [1.807, 2.05) is 13.8 Å². The fraction of sp³-hybridized carbons (Fsp3) is 0.306. The summed E-state index contributed by atoms with van der Waals surface area (Å²) in [6.45, 7) is 13.4. The van der Waals surface area contributed by atoms with Crippen LogP contribution >= 0.6 is 23.2 Å². The van der Waals surface area contributed by atoms with Crippen molar-refractivity contribution in [2.45, 2.75) is 59.4 Å². The van der Waals surface area contributed by atoms with E-state index in [0.29, 0.717) is 52.8 Å². The average Bonchev–Trinajstić information content (AvgIpc) is 3.30. The highest BCUT2D eigenvalue weighted by Crippen LogP contribution is 2.33. The van der Waals surface area contributed by atoms with Crippen molar-refractivity contribution in [3.05, 3.63) is 150 Å². The second-order valence-corrected chi connectivity index (χ2v) is 21.1. The summed E-state index contributed by atoms with van der Waals surface area (Å²) in [4.78, 5) is 89.9. The molecule has 0 spiro atoms. The Kier molecular flexibility index (Phi) is 15.1. The molecule has 0 radical (unpaired) electrons. The van der Waals surface area contributed by atoms with Crippen LogP contribution in [0.2, 0.25) is 10.0 Å². The van der Waals surface area contributed by atoms with Gasteiger partial charge in [-0.2, -0.15) is 21.6 Å². The van der Waals surface area contributed by atoms with Gasteiger partial charge in [-0.15, -0.1) is 0 Å². The number of rotatable bonds is 13. The summed E-state index contributed by atoms with van der Waals surface area (Å²) < 4.78 is 68.9. The minimum absolute atomic E-state index is 0.0336. The highest BCUT2D eigenvalue weighted by atomic mass is 35.5. The number of benzene rings is 2. The van der Waals surface area contributed by atoms with E-state index in [2.05, 4.69) is 45.2 Å². The normalized spacial score (nSPS) is 14.8. The number of likely N-dealkylation sites (tertiary alicyclic amines) is 2. The molecule has 17 nitrogen and oxygen atoms in total. The molecule has 2 N–H and O–H groups in total. The number of halogens is 5. The third-order valence-corrected chi connectivity index (χ3v) is 13.1. The number of fused-ring (bicyclic) bond motifs is 2. The second-order valence-electron chi connectivity index (χ2n) is 18.7. The largest absolute Gasteiger partial charge is 0.534 e. The molecular formula is C49H47Cl2F3N8O9S. The maximum absolute atomic E-state index is 13.4. The summed E-state index contributed by atoms with van der Waals surface area (Å²) in [5, 5.41) is 6.55. The SMILES string of the molecule is C=Cc1ccnc2c1cc(C(=O)NCc1ccc(Cl)cc1)c(=O)n2CC(=O)N1CC(C)(C)C1.CC1(C)CN(C(=O)Cn2c(=O)c(C(=O)NCc3ccc(Cl)cc3)cc3c(OS(=O)(=O)C(F)(F)F)ccnc32)C1. The number of hydrogen-bond donors (Lipinski definition) is 2. The molecule has 72 heavy (non-hydrogen) atoms. The number of pyridine rings is 4.